The average molecular weight is 340 g/mol. The Kier molecular flexibility index (Phi) is 4.27. The van der Waals surface area contributed by atoms with Crippen molar-refractivity contribution in [2.24, 2.45) is 0 Å². The van der Waals surface area contributed by atoms with Crippen LogP contribution in [-0.2, 0) is 0 Å². The molecule has 0 aliphatic carbocycles. The minimum absolute atomic E-state index is 0.0855. The number of carbonyl (C=O) groups is 1. The number of hydrogen-bond acceptors (Lipinski definition) is 2. The number of halogens is 2. The van der Waals surface area contributed by atoms with Gasteiger partial charge in [0.2, 0.25) is 0 Å². The number of ether oxygens (including phenoxy) is 1. The number of benzene rings is 2. The second kappa shape index (κ2) is 5.76. The van der Waals surface area contributed by atoms with Gasteiger partial charge >= 0.3 is 0 Å². The first-order chi connectivity index (χ1) is 9.02. The Bertz CT molecular complexity index is 638. The second-order valence-corrected chi connectivity index (χ2v) is 5.46. The van der Waals surface area contributed by atoms with E-state index in [1.807, 2.05) is 13.0 Å². The van der Waals surface area contributed by atoms with E-state index in [0.29, 0.717) is 16.1 Å². The van der Waals surface area contributed by atoms with Crippen LogP contribution < -0.4 is 4.74 Å². The van der Waals surface area contributed by atoms with Crippen molar-refractivity contribution in [2.45, 2.75) is 6.92 Å². The highest BCUT2D eigenvalue weighted by Crippen LogP contribution is 2.26. The Labute approximate surface area is 125 Å². The molecule has 0 atom stereocenters. The number of carbonyl (C=O) groups excluding carboxylic acids is 1. The summed E-state index contributed by atoms with van der Waals surface area (Å²) in [6, 6.07) is 10.6. The zero-order valence-corrected chi connectivity index (χ0v) is 12.9. The number of ketones is 1. The lowest BCUT2D eigenvalue weighted by Crippen LogP contribution is -2.04. The maximum absolute atomic E-state index is 12.5. The van der Waals surface area contributed by atoms with Gasteiger partial charge < -0.3 is 4.74 Å². The molecule has 0 fully saturated rings. The smallest absolute Gasteiger partial charge is 0.194 e. The van der Waals surface area contributed by atoms with Gasteiger partial charge in [-0.1, -0.05) is 27.5 Å². The quantitative estimate of drug-likeness (QED) is 0.761. The molecule has 0 amide bonds. The molecule has 4 heteroatoms. The van der Waals surface area contributed by atoms with Crippen molar-refractivity contribution in [3.8, 4) is 5.75 Å². The molecule has 0 radical (unpaired) electrons. The summed E-state index contributed by atoms with van der Waals surface area (Å²) in [7, 11) is 1.60. The monoisotopic (exact) mass is 338 g/mol. The second-order valence-electron chi connectivity index (χ2n) is 4.13. The summed E-state index contributed by atoms with van der Waals surface area (Å²) in [6.45, 7) is 1.88. The van der Waals surface area contributed by atoms with Crippen molar-refractivity contribution in [3.05, 3.63) is 62.6 Å². The van der Waals surface area contributed by atoms with Crippen LogP contribution in [0.2, 0.25) is 5.02 Å². The van der Waals surface area contributed by atoms with Gasteiger partial charge in [0.25, 0.3) is 0 Å². The molecule has 2 aromatic rings. The zero-order chi connectivity index (χ0) is 14.0. The fourth-order valence-electron chi connectivity index (χ4n) is 1.84. The van der Waals surface area contributed by atoms with Crippen molar-refractivity contribution in [1.82, 2.24) is 0 Å². The van der Waals surface area contributed by atoms with Gasteiger partial charge in [-0.05, 0) is 48.9 Å². The molecule has 98 valence electrons. The van der Waals surface area contributed by atoms with Crippen LogP contribution >= 0.6 is 27.5 Å². The van der Waals surface area contributed by atoms with Crippen LogP contribution in [0.25, 0.3) is 0 Å². The molecular weight excluding hydrogens is 328 g/mol. The normalized spacial score (nSPS) is 10.3. The molecule has 0 saturated carbocycles. The van der Waals surface area contributed by atoms with E-state index in [4.69, 9.17) is 16.3 Å². The Morgan fingerprint density at radius 1 is 1.16 bits per heavy atom. The summed E-state index contributed by atoms with van der Waals surface area (Å²) in [6.07, 6.45) is 0. The van der Waals surface area contributed by atoms with Gasteiger partial charge in [-0.25, -0.2) is 0 Å². The zero-order valence-electron chi connectivity index (χ0n) is 10.5. The molecule has 0 bridgehead atoms. The highest BCUT2D eigenvalue weighted by Gasteiger charge is 2.15. The topological polar surface area (TPSA) is 26.3 Å². The highest BCUT2D eigenvalue weighted by atomic mass is 79.9. The molecule has 0 unspecified atom stereocenters. The fourth-order valence-corrected chi connectivity index (χ4v) is 2.60. The summed E-state index contributed by atoms with van der Waals surface area (Å²) < 4.78 is 5.98. The number of hydrogen-bond donors (Lipinski definition) is 0. The Hall–Kier alpha value is -1.32. The van der Waals surface area contributed by atoms with Gasteiger partial charge in [-0.3, -0.25) is 4.79 Å². The molecule has 0 spiro atoms. The highest BCUT2D eigenvalue weighted by molar-refractivity contribution is 9.10. The number of methoxy groups -OCH3 is 1. The third kappa shape index (κ3) is 2.99. The molecule has 0 N–H and O–H groups in total. The SMILES string of the molecule is COc1ccc(C(=O)c2ccc(Br)cc2Cl)c(C)c1. The van der Waals surface area contributed by atoms with Crippen LogP contribution in [0.3, 0.4) is 0 Å². The predicted molar refractivity (Wildman–Crippen MR) is 80.3 cm³/mol. The molecule has 2 rings (SSSR count). The van der Waals surface area contributed by atoms with Crippen LogP contribution in [0.15, 0.2) is 40.9 Å². The largest absolute Gasteiger partial charge is 0.497 e. The summed E-state index contributed by atoms with van der Waals surface area (Å²) >= 11 is 9.43. The van der Waals surface area contributed by atoms with E-state index in [-0.39, 0.29) is 5.78 Å². The third-order valence-corrected chi connectivity index (χ3v) is 3.66. The van der Waals surface area contributed by atoms with E-state index in [1.165, 1.54) is 0 Å². The third-order valence-electron chi connectivity index (χ3n) is 2.85. The molecule has 0 heterocycles. The lowest BCUT2D eigenvalue weighted by molar-refractivity contribution is 0.103. The average Bonchev–Trinajstić information content (AvgIpc) is 2.37. The molecule has 19 heavy (non-hydrogen) atoms. The predicted octanol–water partition coefficient (Wildman–Crippen LogP) is 4.65. The van der Waals surface area contributed by atoms with E-state index >= 15 is 0 Å². The first kappa shape index (κ1) is 14.1. The fraction of sp³-hybridized carbons (Fsp3) is 0.133. The molecule has 0 saturated heterocycles. The van der Waals surface area contributed by atoms with Crippen molar-refractivity contribution < 1.29 is 9.53 Å². The number of aryl methyl sites for hydroxylation is 1. The van der Waals surface area contributed by atoms with E-state index in [1.54, 1.807) is 37.4 Å². The van der Waals surface area contributed by atoms with E-state index in [0.717, 1.165) is 15.8 Å². The molecule has 0 aliphatic heterocycles. The van der Waals surface area contributed by atoms with Crippen molar-refractivity contribution in [2.75, 3.05) is 7.11 Å². The van der Waals surface area contributed by atoms with Crippen LogP contribution in [-0.4, -0.2) is 12.9 Å². The molecule has 0 aliphatic rings. The van der Waals surface area contributed by atoms with E-state index in [2.05, 4.69) is 15.9 Å². The maximum atomic E-state index is 12.5. The first-order valence-electron chi connectivity index (χ1n) is 5.67. The van der Waals surface area contributed by atoms with Crippen LogP contribution in [0.5, 0.6) is 5.75 Å². The van der Waals surface area contributed by atoms with Gasteiger partial charge in [0.15, 0.2) is 5.78 Å². The Morgan fingerprint density at radius 2 is 1.84 bits per heavy atom. The maximum Gasteiger partial charge on any atom is 0.194 e. The standard InChI is InChI=1S/C15H12BrClO2/c1-9-7-11(19-2)4-6-12(9)15(18)13-5-3-10(16)8-14(13)17/h3-8H,1-2H3. The van der Waals surface area contributed by atoms with Gasteiger partial charge in [0.05, 0.1) is 12.1 Å². The minimum atomic E-state index is -0.0855. The van der Waals surface area contributed by atoms with Gasteiger partial charge in [0, 0.05) is 15.6 Å². The summed E-state index contributed by atoms with van der Waals surface area (Å²) in [5.74, 6) is 0.647. The minimum Gasteiger partial charge on any atom is -0.497 e. The molecule has 2 nitrogen and oxygen atoms in total. The van der Waals surface area contributed by atoms with Crippen molar-refractivity contribution in [1.29, 1.82) is 0 Å². The summed E-state index contributed by atoms with van der Waals surface area (Å²) in [4.78, 5) is 12.5. The lowest BCUT2D eigenvalue weighted by atomic mass is 9.99. The first-order valence-corrected chi connectivity index (χ1v) is 6.84. The Balaban J connectivity index is 2.44. The number of rotatable bonds is 3. The van der Waals surface area contributed by atoms with E-state index < -0.39 is 0 Å². The van der Waals surface area contributed by atoms with Crippen molar-refractivity contribution in [3.63, 3.8) is 0 Å². The van der Waals surface area contributed by atoms with Crippen LogP contribution in [0.4, 0.5) is 0 Å². The van der Waals surface area contributed by atoms with Crippen molar-refractivity contribution >= 4 is 33.3 Å². The van der Waals surface area contributed by atoms with Crippen LogP contribution in [0, 0.1) is 6.92 Å². The molecule has 0 aromatic heterocycles. The van der Waals surface area contributed by atoms with Gasteiger partial charge in [0.1, 0.15) is 5.75 Å². The van der Waals surface area contributed by atoms with Gasteiger partial charge in [-0.2, -0.15) is 0 Å². The van der Waals surface area contributed by atoms with Crippen LogP contribution in [0.1, 0.15) is 21.5 Å². The summed E-state index contributed by atoms with van der Waals surface area (Å²) in [5, 5.41) is 0.439. The Morgan fingerprint density at radius 3 is 2.42 bits per heavy atom. The molecular formula is C15H12BrClO2. The lowest BCUT2D eigenvalue weighted by Gasteiger charge is -2.08. The van der Waals surface area contributed by atoms with Gasteiger partial charge in [-0.15, -0.1) is 0 Å². The van der Waals surface area contributed by atoms with E-state index in [9.17, 15) is 4.79 Å². The molecule has 2 aromatic carbocycles. The summed E-state index contributed by atoms with van der Waals surface area (Å²) in [5.41, 5.74) is 1.99.